The van der Waals surface area contributed by atoms with Crippen LogP contribution in [0.2, 0.25) is 0 Å². The molecule has 0 radical (unpaired) electrons. The van der Waals surface area contributed by atoms with Gasteiger partial charge < -0.3 is 15.1 Å². The van der Waals surface area contributed by atoms with Gasteiger partial charge >= 0.3 is 6.03 Å². The van der Waals surface area contributed by atoms with Crippen LogP contribution in [0.15, 0.2) is 78.2 Å². The maximum Gasteiger partial charge on any atom is 0.321 e. The van der Waals surface area contributed by atoms with E-state index in [-0.39, 0.29) is 17.4 Å². The van der Waals surface area contributed by atoms with Crippen molar-refractivity contribution in [1.82, 2.24) is 9.80 Å². The molecule has 0 bridgehead atoms. The minimum absolute atomic E-state index is 0.0600. The summed E-state index contributed by atoms with van der Waals surface area (Å²) >= 11 is 0. The first-order chi connectivity index (χ1) is 17.8. The van der Waals surface area contributed by atoms with Crippen LogP contribution < -0.4 is 5.32 Å². The van der Waals surface area contributed by atoms with E-state index >= 15 is 0 Å². The molecule has 2 saturated heterocycles. The van der Waals surface area contributed by atoms with E-state index < -0.39 is 15.6 Å². The Balaban J connectivity index is 1.14. The molecule has 7 nitrogen and oxygen atoms in total. The maximum atomic E-state index is 13.0. The first kappa shape index (κ1) is 25.0. The van der Waals surface area contributed by atoms with Crippen molar-refractivity contribution in [1.29, 1.82) is 0 Å². The number of amides is 3. The van der Waals surface area contributed by atoms with Gasteiger partial charge in [0.1, 0.15) is 5.75 Å². The Morgan fingerprint density at radius 3 is 2.24 bits per heavy atom. The molecule has 1 N–H and O–H groups in total. The second-order valence-electron chi connectivity index (χ2n) is 10.0. The molecule has 3 amide bonds. The van der Waals surface area contributed by atoms with Gasteiger partial charge in [-0.2, -0.15) is 0 Å². The largest absolute Gasteiger partial charge is 0.341 e. The monoisotopic (exact) mass is 517 g/mol. The van der Waals surface area contributed by atoms with E-state index in [2.05, 4.69) is 5.32 Å². The number of urea groups is 1. The summed E-state index contributed by atoms with van der Waals surface area (Å²) in [5.74, 6) is -0.878. The average molecular weight is 518 g/mol. The van der Waals surface area contributed by atoms with Gasteiger partial charge in [-0.1, -0.05) is 66.7 Å². The van der Waals surface area contributed by atoms with Gasteiger partial charge in [0.15, 0.2) is 9.84 Å². The zero-order valence-corrected chi connectivity index (χ0v) is 21.5. The summed E-state index contributed by atoms with van der Waals surface area (Å²) in [5, 5.41) is 6.26. The lowest BCUT2D eigenvalue weighted by Gasteiger charge is -2.39. The molecule has 192 valence electrons. The van der Waals surface area contributed by atoms with Crippen LogP contribution in [0.5, 0.6) is 0 Å². The predicted octanol–water partition coefficient (Wildman–Crippen LogP) is 4.77. The Morgan fingerprint density at radius 2 is 1.49 bits per heavy atom. The van der Waals surface area contributed by atoms with Crippen molar-refractivity contribution in [3.8, 4) is 0 Å². The number of benzene rings is 3. The number of piperidine rings is 1. The molecule has 37 heavy (non-hydrogen) atoms. The number of carbonyl (C=O) groups is 2. The molecule has 1 spiro atoms. The number of anilines is 1. The highest BCUT2D eigenvalue weighted by Crippen LogP contribution is 2.40. The summed E-state index contributed by atoms with van der Waals surface area (Å²) in [5.41, 5.74) is 1.51. The minimum atomic E-state index is -3.66. The Labute approximate surface area is 217 Å². The third-order valence-electron chi connectivity index (χ3n) is 7.53. The lowest BCUT2D eigenvalue weighted by molar-refractivity contribution is -0.127. The third kappa shape index (κ3) is 5.85. The van der Waals surface area contributed by atoms with Gasteiger partial charge in [0, 0.05) is 37.0 Å². The zero-order valence-electron chi connectivity index (χ0n) is 20.7. The van der Waals surface area contributed by atoms with E-state index in [1.165, 1.54) is 6.08 Å². The van der Waals surface area contributed by atoms with Crippen LogP contribution in [-0.2, 0) is 14.6 Å². The van der Waals surface area contributed by atoms with Crippen LogP contribution >= 0.6 is 0 Å². The molecule has 2 aliphatic heterocycles. The van der Waals surface area contributed by atoms with Gasteiger partial charge in [-0.3, -0.25) is 4.79 Å². The summed E-state index contributed by atoms with van der Waals surface area (Å²) in [6.07, 6.45) is 3.94. The highest BCUT2D eigenvalue weighted by atomic mass is 32.2. The van der Waals surface area contributed by atoms with Crippen LogP contribution in [0, 0.1) is 5.41 Å². The fourth-order valence-electron chi connectivity index (χ4n) is 5.33. The summed E-state index contributed by atoms with van der Waals surface area (Å²) in [6.45, 7) is 2.31. The number of sulfone groups is 1. The van der Waals surface area contributed by atoms with Crippen LogP contribution in [0.1, 0.15) is 24.8 Å². The van der Waals surface area contributed by atoms with E-state index in [1.807, 2.05) is 77.7 Å². The van der Waals surface area contributed by atoms with Gasteiger partial charge in [-0.15, -0.1) is 0 Å². The van der Waals surface area contributed by atoms with Crippen molar-refractivity contribution in [2.24, 2.45) is 5.41 Å². The molecule has 3 aromatic carbocycles. The molecule has 8 heteroatoms. The van der Waals surface area contributed by atoms with Crippen LogP contribution in [0.3, 0.4) is 0 Å². The normalized spacial score (nSPS) is 17.5. The number of fused-ring (bicyclic) bond motifs is 1. The Bertz CT molecular complexity index is 1420. The molecule has 0 aliphatic carbocycles. The molecule has 2 heterocycles. The van der Waals surface area contributed by atoms with E-state index in [0.29, 0.717) is 26.2 Å². The summed E-state index contributed by atoms with van der Waals surface area (Å²) in [7, 11) is -3.66. The van der Waals surface area contributed by atoms with E-state index in [9.17, 15) is 18.0 Å². The lowest BCUT2D eigenvalue weighted by Crippen LogP contribution is -2.46. The Kier molecular flexibility index (Phi) is 7.02. The number of hydrogen-bond acceptors (Lipinski definition) is 4. The molecule has 0 atom stereocenters. The first-order valence-electron chi connectivity index (χ1n) is 12.6. The number of rotatable bonds is 5. The molecule has 2 aliphatic rings. The number of nitrogens with zero attached hydrogens (tertiary/aromatic N) is 2. The number of hydrogen-bond donors (Lipinski definition) is 1. The van der Waals surface area contributed by atoms with Gasteiger partial charge in [0.25, 0.3) is 0 Å². The molecule has 0 aromatic heterocycles. The second-order valence-corrected chi connectivity index (χ2v) is 11.9. The van der Waals surface area contributed by atoms with E-state index in [1.54, 1.807) is 4.90 Å². The van der Waals surface area contributed by atoms with Crippen LogP contribution in [0.4, 0.5) is 10.5 Å². The van der Waals surface area contributed by atoms with Gasteiger partial charge in [-0.05, 0) is 47.8 Å². The molecule has 2 fully saturated rings. The smallest absolute Gasteiger partial charge is 0.321 e. The maximum absolute atomic E-state index is 13.0. The van der Waals surface area contributed by atoms with Crippen molar-refractivity contribution in [2.75, 3.05) is 37.2 Å². The molecule has 5 rings (SSSR count). The topological polar surface area (TPSA) is 86.8 Å². The Morgan fingerprint density at radius 1 is 0.838 bits per heavy atom. The van der Waals surface area contributed by atoms with E-state index in [4.69, 9.17) is 0 Å². The standard InChI is InChI=1S/C29H31N3O4S/c33-27(21-37(35,36)20-13-23-7-2-1-3-8-23)32-19-16-29(22-32)14-17-31(18-15-29)28(34)30-26-12-6-10-24-9-4-5-11-25(24)26/h1-13,20H,14-19,21-22H2,(H,30,34)/b20-13+. The summed E-state index contributed by atoms with van der Waals surface area (Å²) < 4.78 is 25.0. The second kappa shape index (κ2) is 10.4. The SMILES string of the molecule is O=C(CS(=O)(=O)/C=C/c1ccccc1)N1CCC2(CCN(C(=O)Nc3cccc4ccccc34)CC2)C1. The molecule has 0 saturated carbocycles. The number of carbonyl (C=O) groups excluding carboxylic acids is 2. The van der Waals surface area contributed by atoms with Gasteiger partial charge in [0.2, 0.25) is 5.91 Å². The third-order valence-corrected chi connectivity index (χ3v) is 8.73. The van der Waals surface area contributed by atoms with Crippen molar-refractivity contribution in [3.05, 3.63) is 83.8 Å². The van der Waals surface area contributed by atoms with E-state index in [0.717, 1.165) is 46.7 Å². The van der Waals surface area contributed by atoms with Crippen molar-refractivity contribution in [2.45, 2.75) is 19.3 Å². The molecule has 3 aromatic rings. The minimum Gasteiger partial charge on any atom is -0.341 e. The zero-order chi connectivity index (χ0) is 25.9. The lowest BCUT2D eigenvalue weighted by atomic mass is 9.78. The Hall–Kier alpha value is -3.65. The van der Waals surface area contributed by atoms with Gasteiger partial charge in [-0.25, -0.2) is 13.2 Å². The summed E-state index contributed by atoms with van der Waals surface area (Å²) in [4.78, 5) is 29.3. The molecule has 0 unspecified atom stereocenters. The predicted molar refractivity (Wildman–Crippen MR) is 147 cm³/mol. The van der Waals surface area contributed by atoms with Gasteiger partial charge in [0.05, 0.1) is 5.69 Å². The summed E-state index contributed by atoms with van der Waals surface area (Å²) in [6, 6.07) is 22.9. The van der Waals surface area contributed by atoms with Crippen molar-refractivity contribution in [3.63, 3.8) is 0 Å². The van der Waals surface area contributed by atoms with Crippen LogP contribution in [-0.4, -0.2) is 62.1 Å². The number of likely N-dealkylation sites (tertiary alicyclic amines) is 2. The highest BCUT2D eigenvalue weighted by Gasteiger charge is 2.43. The fraction of sp³-hybridized carbons (Fsp3) is 0.310. The quantitative estimate of drug-likeness (QED) is 0.528. The number of nitrogens with one attached hydrogen (secondary N) is 1. The highest BCUT2D eigenvalue weighted by molar-refractivity contribution is 7.95. The first-order valence-corrected chi connectivity index (χ1v) is 14.3. The molecular formula is C29H31N3O4S. The van der Waals surface area contributed by atoms with Crippen LogP contribution in [0.25, 0.3) is 16.8 Å². The fourth-order valence-corrected chi connectivity index (χ4v) is 6.31. The average Bonchev–Trinajstić information content (AvgIpc) is 3.32. The molecular weight excluding hydrogens is 486 g/mol. The van der Waals surface area contributed by atoms with Crippen molar-refractivity contribution >= 4 is 44.3 Å². The van der Waals surface area contributed by atoms with Crippen molar-refractivity contribution < 1.29 is 18.0 Å².